The maximum absolute atomic E-state index is 12.5. The van der Waals surface area contributed by atoms with E-state index in [0.29, 0.717) is 11.9 Å². The van der Waals surface area contributed by atoms with E-state index in [0.717, 1.165) is 6.07 Å². The maximum Gasteiger partial charge on any atom is 0.417 e. The lowest BCUT2D eigenvalue weighted by Gasteiger charge is -2.09. The van der Waals surface area contributed by atoms with Gasteiger partial charge in [-0.15, -0.1) is 0 Å². The van der Waals surface area contributed by atoms with E-state index in [-0.39, 0.29) is 10.7 Å². The number of hydrogen-bond acceptors (Lipinski definition) is 2. The van der Waals surface area contributed by atoms with Gasteiger partial charge in [0.1, 0.15) is 5.15 Å². The van der Waals surface area contributed by atoms with E-state index in [2.05, 4.69) is 9.97 Å². The molecule has 0 N–H and O–H groups in total. The highest BCUT2D eigenvalue weighted by atomic mass is 35.5. The highest BCUT2D eigenvalue weighted by Gasteiger charge is 2.31. The minimum absolute atomic E-state index is 0.00306. The molecule has 0 radical (unpaired) electrons. The maximum atomic E-state index is 12.5. The third-order valence-electron chi connectivity index (χ3n) is 2.11. The van der Waals surface area contributed by atoms with Crippen LogP contribution < -0.4 is 0 Å². The lowest BCUT2D eigenvalue weighted by molar-refractivity contribution is -0.137. The topological polar surface area (TPSA) is 25.8 Å². The zero-order valence-electron chi connectivity index (χ0n) is 8.37. The largest absolute Gasteiger partial charge is 0.417 e. The Bertz CT molecular complexity index is 526. The summed E-state index contributed by atoms with van der Waals surface area (Å²) in [5.74, 6) is 0. The summed E-state index contributed by atoms with van der Waals surface area (Å²) in [6.45, 7) is 0. The molecule has 0 unspecified atom stereocenters. The van der Waals surface area contributed by atoms with Crippen LogP contribution in [-0.4, -0.2) is 9.97 Å². The molecule has 0 spiro atoms. The molecule has 0 saturated heterocycles. The minimum atomic E-state index is -4.44. The third-order valence-corrected chi connectivity index (χ3v) is 2.41. The number of alkyl halides is 3. The number of aromatic nitrogens is 2. The van der Waals surface area contributed by atoms with Crippen LogP contribution in [0.4, 0.5) is 13.2 Å². The monoisotopic (exact) mass is 258 g/mol. The van der Waals surface area contributed by atoms with E-state index in [1.807, 2.05) is 0 Å². The van der Waals surface area contributed by atoms with E-state index in [9.17, 15) is 13.2 Å². The molecule has 0 aliphatic carbocycles. The molecule has 2 aromatic rings. The smallest absolute Gasteiger partial charge is 0.256 e. The average Bonchev–Trinajstić information content (AvgIpc) is 2.29. The van der Waals surface area contributed by atoms with Gasteiger partial charge in [-0.2, -0.15) is 13.2 Å². The normalized spacial score (nSPS) is 11.5. The van der Waals surface area contributed by atoms with Gasteiger partial charge in [0.2, 0.25) is 0 Å². The van der Waals surface area contributed by atoms with Crippen LogP contribution in [0.5, 0.6) is 0 Å². The van der Waals surface area contributed by atoms with Gasteiger partial charge >= 0.3 is 6.18 Å². The predicted octanol–water partition coefficient (Wildman–Crippen LogP) is 3.82. The Balaban J connectivity index is 2.55. The van der Waals surface area contributed by atoms with Crippen LogP contribution in [-0.2, 0) is 6.18 Å². The molecule has 0 bridgehead atoms. The van der Waals surface area contributed by atoms with Crippen molar-refractivity contribution in [2.75, 3.05) is 0 Å². The Hall–Kier alpha value is -1.62. The second kappa shape index (κ2) is 4.33. The Kier molecular flexibility index (Phi) is 3.02. The lowest BCUT2D eigenvalue weighted by Crippen LogP contribution is -2.06. The summed E-state index contributed by atoms with van der Waals surface area (Å²) < 4.78 is 37.5. The molecule has 2 rings (SSSR count). The molecule has 2 aromatic heterocycles. The van der Waals surface area contributed by atoms with Gasteiger partial charge < -0.3 is 0 Å². The number of hydrogen-bond donors (Lipinski definition) is 0. The highest BCUT2D eigenvalue weighted by Crippen LogP contribution is 2.33. The van der Waals surface area contributed by atoms with Crippen molar-refractivity contribution in [2.45, 2.75) is 6.18 Å². The van der Waals surface area contributed by atoms with E-state index < -0.39 is 11.7 Å². The first-order valence-electron chi connectivity index (χ1n) is 4.62. The van der Waals surface area contributed by atoms with Gasteiger partial charge in [-0.3, -0.25) is 4.98 Å². The minimum Gasteiger partial charge on any atom is -0.256 e. The van der Waals surface area contributed by atoms with Crippen molar-refractivity contribution in [3.8, 4) is 11.3 Å². The molecule has 0 atom stereocenters. The van der Waals surface area contributed by atoms with Crippen LogP contribution in [0, 0.1) is 0 Å². The second-order valence-corrected chi connectivity index (χ2v) is 3.63. The quantitative estimate of drug-likeness (QED) is 0.727. The van der Waals surface area contributed by atoms with Crippen molar-refractivity contribution in [2.24, 2.45) is 0 Å². The first-order valence-corrected chi connectivity index (χ1v) is 5.00. The lowest BCUT2D eigenvalue weighted by atomic mass is 10.1. The van der Waals surface area contributed by atoms with E-state index in [4.69, 9.17) is 11.6 Å². The van der Waals surface area contributed by atoms with Gasteiger partial charge in [-0.25, -0.2) is 4.98 Å². The van der Waals surface area contributed by atoms with Crippen LogP contribution in [0.25, 0.3) is 11.3 Å². The van der Waals surface area contributed by atoms with E-state index in [1.165, 1.54) is 6.20 Å². The summed E-state index contributed by atoms with van der Waals surface area (Å²) in [4.78, 5) is 7.47. The Morgan fingerprint density at radius 3 is 2.47 bits per heavy atom. The Morgan fingerprint density at radius 1 is 1.12 bits per heavy atom. The van der Waals surface area contributed by atoms with Gasteiger partial charge in [0.25, 0.3) is 0 Å². The van der Waals surface area contributed by atoms with Crippen molar-refractivity contribution >= 4 is 11.6 Å². The number of nitrogens with zero attached hydrogens (tertiary/aromatic N) is 2. The van der Waals surface area contributed by atoms with Crippen LogP contribution in [0.1, 0.15) is 5.56 Å². The molecule has 2 nitrogen and oxygen atoms in total. The molecule has 0 aliphatic rings. The number of pyridine rings is 2. The SMILES string of the molecule is FC(F)(F)c1cnc(Cl)c(-c2ccccn2)c1. The summed E-state index contributed by atoms with van der Waals surface area (Å²) in [5, 5.41) is -0.00306. The predicted molar refractivity (Wildman–Crippen MR) is 57.5 cm³/mol. The molecule has 6 heteroatoms. The van der Waals surface area contributed by atoms with Gasteiger partial charge in [0.05, 0.1) is 11.3 Å². The van der Waals surface area contributed by atoms with Gasteiger partial charge in [-0.05, 0) is 18.2 Å². The molecule has 17 heavy (non-hydrogen) atoms. The van der Waals surface area contributed by atoms with Crippen molar-refractivity contribution in [1.29, 1.82) is 0 Å². The van der Waals surface area contributed by atoms with Crippen LogP contribution >= 0.6 is 11.6 Å². The van der Waals surface area contributed by atoms with E-state index >= 15 is 0 Å². The van der Waals surface area contributed by atoms with E-state index in [1.54, 1.807) is 18.2 Å². The van der Waals surface area contributed by atoms with Crippen molar-refractivity contribution in [3.63, 3.8) is 0 Å². The molecule has 0 amide bonds. The standard InChI is InChI=1S/C11H6ClF3N2/c12-10-8(9-3-1-2-4-16-9)5-7(6-17-10)11(13,14)15/h1-6H. The van der Waals surface area contributed by atoms with Gasteiger partial charge in [0, 0.05) is 18.0 Å². The fourth-order valence-corrected chi connectivity index (χ4v) is 1.50. The zero-order valence-corrected chi connectivity index (χ0v) is 9.13. The van der Waals surface area contributed by atoms with Crippen molar-refractivity contribution in [1.82, 2.24) is 9.97 Å². The fourth-order valence-electron chi connectivity index (χ4n) is 1.30. The van der Waals surface area contributed by atoms with Crippen LogP contribution in [0.3, 0.4) is 0 Å². The molecule has 0 fully saturated rings. The summed E-state index contributed by atoms with van der Waals surface area (Å²) in [5.41, 5.74) is -0.319. The first kappa shape index (κ1) is 11.9. The van der Waals surface area contributed by atoms with Crippen molar-refractivity contribution < 1.29 is 13.2 Å². The summed E-state index contributed by atoms with van der Waals surface area (Å²) in [7, 11) is 0. The molecule has 0 saturated carbocycles. The summed E-state index contributed by atoms with van der Waals surface area (Å²) >= 11 is 5.76. The van der Waals surface area contributed by atoms with Gasteiger partial charge in [0.15, 0.2) is 0 Å². The molecule has 0 aliphatic heterocycles. The first-order chi connectivity index (χ1) is 7.98. The molecule has 88 valence electrons. The third kappa shape index (κ3) is 2.55. The zero-order chi connectivity index (χ0) is 12.5. The highest BCUT2D eigenvalue weighted by molar-refractivity contribution is 6.32. The number of halogens is 4. The Morgan fingerprint density at radius 2 is 1.88 bits per heavy atom. The van der Waals surface area contributed by atoms with Gasteiger partial charge in [-0.1, -0.05) is 17.7 Å². The molecule has 0 aromatic carbocycles. The molecule has 2 heterocycles. The molecular formula is C11H6ClF3N2. The van der Waals surface area contributed by atoms with Crippen molar-refractivity contribution in [3.05, 3.63) is 47.4 Å². The fraction of sp³-hybridized carbons (Fsp3) is 0.0909. The van der Waals surface area contributed by atoms with Crippen LogP contribution in [0.2, 0.25) is 5.15 Å². The Labute approximate surface area is 100 Å². The van der Waals surface area contributed by atoms with Crippen LogP contribution in [0.15, 0.2) is 36.7 Å². The molecular weight excluding hydrogens is 253 g/mol. The number of rotatable bonds is 1. The average molecular weight is 259 g/mol. The summed E-state index contributed by atoms with van der Waals surface area (Å²) in [6.07, 6.45) is -2.26. The second-order valence-electron chi connectivity index (χ2n) is 3.28. The summed E-state index contributed by atoms with van der Waals surface area (Å²) in [6, 6.07) is 5.85.